The van der Waals surface area contributed by atoms with Crippen molar-refractivity contribution in [1.82, 2.24) is 0 Å². The summed E-state index contributed by atoms with van der Waals surface area (Å²) in [7, 11) is 0. The predicted octanol–water partition coefficient (Wildman–Crippen LogP) is 3.26. The number of carboxylic acid groups (broad SMARTS) is 1. The number of ether oxygens (including phenoxy) is 2. The van der Waals surface area contributed by atoms with Crippen molar-refractivity contribution in [1.29, 1.82) is 0 Å². The van der Waals surface area contributed by atoms with Gasteiger partial charge in [-0.2, -0.15) is 0 Å². The van der Waals surface area contributed by atoms with Crippen LogP contribution in [-0.2, 0) is 4.79 Å². The van der Waals surface area contributed by atoms with Crippen molar-refractivity contribution < 1.29 is 19.4 Å². The second-order valence-corrected chi connectivity index (χ2v) is 4.86. The summed E-state index contributed by atoms with van der Waals surface area (Å²) in [5.41, 5.74) is 0.743. The van der Waals surface area contributed by atoms with Gasteiger partial charge >= 0.3 is 5.97 Å². The lowest BCUT2D eigenvalue weighted by Crippen LogP contribution is -2.16. The molecule has 1 N–H and O–H groups in total. The van der Waals surface area contributed by atoms with Gasteiger partial charge in [0.1, 0.15) is 13.2 Å². The summed E-state index contributed by atoms with van der Waals surface area (Å²) in [5, 5.41) is 8.65. The Balaban J connectivity index is 2.18. The van der Waals surface area contributed by atoms with Crippen LogP contribution in [0.2, 0.25) is 5.02 Å². The summed E-state index contributed by atoms with van der Waals surface area (Å²) < 4.78 is 10.8. The van der Waals surface area contributed by atoms with E-state index in [4.69, 9.17) is 37.8 Å². The lowest BCUT2D eigenvalue weighted by Gasteiger charge is -2.21. The molecule has 1 heterocycles. The molecule has 4 nitrogen and oxygen atoms in total. The standard InChI is InChI=1S/C12H12Cl2O4/c13-8(1-2-11(15)16)7-5-9(14)12-10(6-7)17-3-4-18-12/h5-6,8H,1-4H2,(H,15,16). The van der Waals surface area contributed by atoms with Crippen LogP contribution in [0.5, 0.6) is 11.5 Å². The molecule has 0 bridgehead atoms. The molecular formula is C12H12Cl2O4. The van der Waals surface area contributed by atoms with Crippen molar-refractivity contribution in [2.24, 2.45) is 0 Å². The zero-order valence-electron chi connectivity index (χ0n) is 9.49. The van der Waals surface area contributed by atoms with Gasteiger partial charge in [0.05, 0.1) is 10.4 Å². The molecule has 0 saturated heterocycles. The zero-order chi connectivity index (χ0) is 13.1. The van der Waals surface area contributed by atoms with Crippen LogP contribution in [0.15, 0.2) is 12.1 Å². The molecule has 1 aromatic carbocycles. The highest BCUT2D eigenvalue weighted by molar-refractivity contribution is 6.32. The first-order chi connectivity index (χ1) is 8.58. The highest BCUT2D eigenvalue weighted by Gasteiger charge is 2.19. The molecule has 98 valence electrons. The van der Waals surface area contributed by atoms with Gasteiger partial charge in [-0.15, -0.1) is 11.6 Å². The summed E-state index contributed by atoms with van der Waals surface area (Å²) >= 11 is 12.2. The monoisotopic (exact) mass is 290 g/mol. The quantitative estimate of drug-likeness (QED) is 0.865. The zero-order valence-corrected chi connectivity index (χ0v) is 11.0. The SMILES string of the molecule is O=C(O)CCC(Cl)c1cc(Cl)c2c(c1)OCCO2. The molecule has 0 spiro atoms. The number of benzene rings is 1. The van der Waals surface area contributed by atoms with Crippen molar-refractivity contribution in [3.63, 3.8) is 0 Å². The average Bonchev–Trinajstić information content (AvgIpc) is 2.36. The van der Waals surface area contributed by atoms with E-state index < -0.39 is 11.3 Å². The maximum absolute atomic E-state index is 10.5. The second-order valence-electron chi connectivity index (χ2n) is 3.93. The van der Waals surface area contributed by atoms with Crippen LogP contribution in [0.3, 0.4) is 0 Å². The fourth-order valence-corrected chi connectivity index (χ4v) is 2.24. The Morgan fingerprint density at radius 3 is 2.83 bits per heavy atom. The molecular weight excluding hydrogens is 279 g/mol. The Labute approximate surface area is 114 Å². The Morgan fingerprint density at radius 2 is 2.11 bits per heavy atom. The number of aliphatic carboxylic acids is 1. The summed E-state index contributed by atoms with van der Waals surface area (Å²) in [6.45, 7) is 0.935. The predicted molar refractivity (Wildman–Crippen MR) is 67.9 cm³/mol. The molecule has 1 aromatic rings. The summed E-state index contributed by atoms with van der Waals surface area (Å²) in [5.74, 6) is 0.211. The van der Waals surface area contributed by atoms with Gasteiger partial charge < -0.3 is 14.6 Å². The maximum Gasteiger partial charge on any atom is 0.303 e. The van der Waals surface area contributed by atoms with Gasteiger partial charge in [0.2, 0.25) is 0 Å². The molecule has 2 rings (SSSR count). The Kier molecular flexibility index (Phi) is 4.19. The van der Waals surface area contributed by atoms with Crippen molar-refractivity contribution in [2.45, 2.75) is 18.2 Å². The topological polar surface area (TPSA) is 55.8 Å². The van der Waals surface area contributed by atoms with Gasteiger partial charge in [-0.25, -0.2) is 0 Å². The highest BCUT2D eigenvalue weighted by Crippen LogP contribution is 2.41. The number of carboxylic acids is 1. The molecule has 0 aliphatic carbocycles. The summed E-state index contributed by atoms with van der Waals surface area (Å²) in [6.07, 6.45) is 0.354. The van der Waals surface area contributed by atoms with Gasteiger partial charge in [-0.1, -0.05) is 11.6 Å². The number of alkyl halides is 1. The summed E-state index contributed by atoms with van der Waals surface area (Å²) in [4.78, 5) is 10.5. The molecule has 0 fully saturated rings. The number of rotatable bonds is 4. The minimum atomic E-state index is -0.871. The lowest BCUT2D eigenvalue weighted by atomic mass is 10.1. The van der Waals surface area contributed by atoms with E-state index in [9.17, 15) is 4.79 Å². The molecule has 1 aliphatic rings. The summed E-state index contributed by atoms with van der Waals surface area (Å²) in [6, 6.07) is 3.44. The van der Waals surface area contributed by atoms with Crippen LogP contribution in [0, 0.1) is 0 Å². The van der Waals surface area contributed by atoms with E-state index in [0.717, 1.165) is 5.56 Å². The minimum absolute atomic E-state index is 0.0141. The van der Waals surface area contributed by atoms with E-state index in [1.807, 2.05) is 0 Å². The average molecular weight is 291 g/mol. The minimum Gasteiger partial charge on any atom is -0.486 e. The first kappa shape index (κ1) is 13.3. The smallest absolute Gasteiger partial charge is 0.303 e. The third-order valence-electron chi connectivity index (χ3n) is 2.59. The molecule has 0 amide bonds. The number of hydrogen-bond acceptors (Lipinski definition) is 3. The van der Waals surface area contributed by atoms with Crippen molar-refractivity contribution in [2.75, 3.05) is 13.2 Å². The molecule has 1 atom stereocenters. The largest absolute Gasteiger partial charge is 0.486 e. The van der Waals surface area contributed by atoms with E-state index in [1.54, 1.807) is 12.1 Å². The molecule has 0 radical (unpaired) electrons. The number of carbonyl (C=O) groups is 1. The molecule has 6 heteroatoms. The molecule has 0 aromatic heterocycles. The van der Waals surface area contributed by atoms with Crippen LogP contribution < -0.4 is 9.47 Å². The molecule has 1 unspecified atom stereocenters. The molecule has 1 aliphatic heterocycles. The Morgan fingerprint density at radius 1 is 1.39 bits per heavy atom. The third kappa shape index (κ3) is 3.00. The van der Waals surface area contributed by atoms with Crippen molar-refractivity contribution in [3.05, 3.63) is 22.7 Å². The van der Waals surface area contributed by atoms with E-state index in [2.05, 4.69) is 0 Å². The van der Waals surface area contributed by atoms with Crippen molar-refractivity contribution >= 4 is 29.2 Å². The molecule has 0 saturated carbocycles. The van der Waals surface area contributed by atoms with Crippen molar-refractivity contribution in [3.8, 4) is 11.5 Å². The fourth-order valence-electron chi connectivity index (χ4n) is 1.73. The fraction of sp³-hybridized carbons (Fsp3) is 0.417. The Hall–Kier alpha value is -1.13. The van der Waals surface area contributed by atoms with Gasteiger partial charge in [-0.3, -0.25) is 4.79 Å². The number of hydrogen-bond donors (Lipinski definition) is 1. The first-order valence-corrected chi connectivity index (χ1v) is 6.34. The van der Waals surface area contributed by atoms with Crippen LogP contribution in [-0.4, -0.2) is 24.3 Å². The van der Waals surface area contributed by atoms with E-state index in [0.29, 0.717) is 36.2 Å². The number of halogens is 2. The van der Waals surface area contributed by atoms with Gasteiger partial charge in [0, 0.05) is 6.42 Å². The van der Waals surface area contributed by atoms with Crippen LogP contribution in [0.4, 0.5) is 0 Å². The lowest BCUT2D eigenvalue weighted by molar-refractivity contribution is -0.137. The van der Waals surface area contributed by atoms with Crippen LogP contribution in [0.25, 0.3) is 0 Å². The van der Waals surface area contributed by atoms with Crippen LogP contribution in [0.1, 0.15) is 23.8 Å². The number of fused-ring (bicyclic) bond motifs is 1. The third-order valence-corrected chi connectivity index (χ3v) is 3.34. The van der Waals surface area contributed by atoms with Gasteiger partial charge in [0.25, 0.3) is 0 Å². The van der Waals surface area contributed by atoms with E-state index in [-0.39, 0.29) is 6.42 Å². The first-order valence-electron chi connectivity index (χ1n) is 5.53. The van der Waals surface area contributed by atoms with Crippen LogP contribution >= 0.6 is 23.2 Å². The second kappa shape index (κ2) is 5.67. The maximum atomic E-state index is 10.5. The normalized spacial score (nSPS) is 15.2. The highest BCUT2D eigenvalue weighted by atomic mass is 35.5. The Bertz CT molecular complexity index is 462. The van der Waals surface area contributed by atoms with E-state index >= 15 is 0 Å². The molecule has 18 heavy (non-hydrogen) atoms. The van der Waals surface area contributed by atoms with E-state index in [1.165, 1.54) is 0 Å². The van der Waals surface area contributed by atoms with Gasteiger partial charge in [0.15, 0.2) is 11.5 Å². The van der Waals surface area contributed by atoms with Gasteiger partial charge in [-0.05, 0) is 24.1 Å².